The second-order valence-corrected chi connectivity index (χ2v) is 5.24. The third-order valence-corrected chi connectivity index (χ3v) is 3.53. The fraction of sp³-hybridized carbons (Fsp3) is 0.167. The predicted octanol–water partition coefficient (Wildman–Crippen LogP) is -0.0161. The van der Waals surface area contributed by atoms with Crippen molar-refractivity contribution in [2.45, 2.75) is 4.90 Å². The second kappa shape index (κ2) is 7.94. The molecule has 0 bridgehead atoms. The maximum absolute atomic E-state index is 11.3. The van der Waals surface area contributed by atoms with Crippen LogP contribution in [0.1, 0.15) is 0 Å². The van der Waals surface area contributed by atoms with E-state index in [0.29, 0.717) is 18.5 Å². The Morgan fingerprint density at radius 1 is 1.10 bits per heavy atom. The summed E-state index contributed by atoms with van der Waals surface area (Å²) >= 11 is 0. The van der Waals surface area contributed by atoms with E-state index >= 15 is 0 Å². The molecular weight excluding hydrogens is 291 g/mol. The van der Waals surface area contributed by atoms with Crippen LogP contribution in [0.15, 0.2) is 41.3 Å². The predicted molar refractivity (Wildman–Crippen MR) is 82.1 cm³/mol. The molecule has 0 aliphatic heterocycles. The molecule has 0 saturated heterocycles. The zero-order chi connectivity index (χ0) is 13.2. The van der Waals surface area contributed by atoms with Gasteiger partial charge in [0.2, 0.25) is 0 Å². The Kier molecular flexibility index (Phi) is 7.67. The monoisotopic (exact) mass is 308 g/mol. The molecule has 8 heteroatoms. The first-order valence-corrected chi connectivity index (χ1v) is 6.91. The van der Waals surface area contributed by atoms with E-state index < -0.39 is 10.1 Å². The van der Waals surface area contributed by atoms with Crippen LogP contribution < -0.4 is 11.1 Å². The molecule has 0 unspecified atom stereocenters. The quantitative estimate of drug-likeness (QED) is 0.541. The van der Waals surface area contributed by atoms with Crippen molar-refractivity contribution in [3.63, 3.8) is 0 Å². The Balaban J connectivity index is 0.00000180. The Bertz CT molecular complexity index is 676. The fourth-order valence-corrected chi connectivity index (χ4v) is 2.57. The molecule has 2 rings (SSSR count). The summed E-state index contributed by atoms with van der Waals surface area (Å²) in [6, 6.07) is 10.00. The Hall–Kier alpha value is -0.670. The van der Waals surface area contributed by atoms with E-state index in [2.05, 4.69) is 5.32 Å². The van der Waals surface area contributed by atoms with Gasteiger partial charge in [0.25, 0.3) is 10.1 Å². The number of nitrogens with two attached hydrogens (primary N) is 1. The van der Waals surface area contributed by atoms with Crippen LogP contribution in [0.2, 0.25) is 0 Å². The summed E-state index contributed by atoms with van der Waals surface area (Å²) in [4.78, 5) is -0.0867. The molecule has 0 saturated carbocycles. The van der Waals surface area contributed by atoms with E-state index in [0.717, 1.165) is 11.1 Å². The van der Waals surface area contributed by atoms with E-state index in [1.165, 1.54) is 6.07 Å². The molecule has 2 aromatic carbocycles. The van der Waals surface area contributed by atoms with E-state index in [9.17, 15) is 13.0 Å². The van der Waals surface area contributed by atoms with Crippen molar-refractivity contribution in [2.75, 3.05) is 18.4 Å². The zero-order valence-electron chi connectivity index (χ0n) is 10.1. The molecular formula is C12H17N2NaO4S. The van der Waals surface area contributed by atoms with Crippen molar-refractivity contribution in [1.82, 2.24) is 0 Å². The molecule has 6 nitrogen and oxygen atoms in total. The summed E-state index contributed by atoms with van der Waals surface area (Å²) in [6.07, 6.45) is 0. The number of anilines is 1. The van der Waals surface area contributed by atoms with Gasteiger partial charge in [-0.3, -0.25) is 4.55 Å². The fourth-order valence-electron chi connectivity index (χ4n) is 1.87. The minimum absolute atomic E-state index is 0. The molecule has 20 heavy (non-hydrogen) atoms. The van der Waals surface area contributed by atoms with Crippen molar-refractivity contribution < 1.29 is 18.4 Å². The molecule has 2 aromatic rings. The molecule has 106 valence electrons. The van der Waals surface area contributed by atoms with Crippen LogP contribution in [0.3, 0.4) is 0 Å². The summed E-state index contributed by atoms with van der Waals surface area (Å²) in [5.74, 6) is 0. The number of fused-ring (bicyclic) bond motifs is 1. The van der Waals surface area contributed by atoms with Crippen LogP contribution in [0.25, 0.3) is 10.8 Å². The zero-order valence-corrected chi connectivity index (χ0v) is 10.9. The van der Waals surface area contributed by atoms with Crippen molar-refractivity contribution in [1.29, 1.82) is 0 Å². The third kappa shape index (κ3) is 4.16. The average molecular weight is 308 g/mol. The van der Waals surface area contributed by atoms with Gasteiger partial charge in [-0.25, -0.2) is 0 Å². The molecule has 0 heterocycles. The maximum atomic E-state index is 11.3. The molecule has 0 aromatic heterocycles. The summed E-state index contributed by atoms with van der Waals surface area (Å²) in [5, 5.41) is 4.34. The van der Waals surface area contributed by atoms with Crippen molar-refractivity contribution in [3.05, 3.63) is 36.4 Å². The number of hydrogen-bond donors (Lipinski definition) is 3. The summed E-state index contributed by atoms with van der Waals surface area (Å²) in [6.45, 7) is 1.07. The van der Waals surface area contributed by atoms with Gasteiger partial charge in [0, 0.05) is 29.5 Å². The topological polar surface area (TPSA) is 124 Å². The van der Waals surface area contributed by atoms with Gasteiger partial charge >= 0.3 is 29.6 Å². The SMILES string of the molecule is NCCNc1cccc2c(S(=O)(=O)O)cccc12.O.[NaH]. The van der Waals surface area contributed by atoms with Crippen LogP contribution in [0.4, 0.5) is 5.69 Å². The first-order chi connectivity index (χ1) is 8.54. The van der Waals surface area contributed by atoms with Crippen molar-refractivity contribution >= 4 is 56.1 Å². The van der Waals surface area contributed by atoms with Gasteiger partial charge in [0.1, 0.15) is 4.90 Å². The van der Waals surface area contributed by atoms with Crippen LogP contribution in [-0.4, -0.2) is 61.1 Å². The Morgan fingerprint density at radius 3 is 2.30 bits per heavy atom. The molecule has 0 radical (unpaired) electrons. The first-order valence-electron chi connectivity index (χ1n) is 5.47. The molecule has 0 amide bonds. The molecule has 6 N–H and O–H groups in total. The Labute approximate surface area is 139 Å². The number of benzene rings is 2. The van der Waals surface area contributed by atoms with Gasteiger partial charge in [0.05, 0.1) is 0 Å². The van der Waals surface area contributed by atoms with Crippen LogP contribution in [0.5, 0.6) is 0 Å². The summed E-state index contributed by atoms with van der Waals surface area (Å²) in [5.41, 5.74) is 6.22. The minimum atomic E-state index is -4.22. The third-order valence-electron chi connectivity index (χ3n) is 2.62. The van der Waals surface area contributed by atoms with Gasteiger partial charge in [-0.1, -0.05) is 24.3 Å². The average Bonchev–Trinajstić information content (AvgIpc) is 2.34. The second-order valence-electron chi connectivity index (χ2n) is 3.85. The number of rotatable bonds is 4. The summed E-state index contributed by atoms with van der Waals surface area (Å²) in [7, 11) is -4.22. The van der Waals surface area contributed by atoms with Crippen LogP contribution >= 0.6 is 0 Å². The van der Waals surface area contributed by atoms with E-state index in [4.69, 9.17) is 5.73 Å². The van der Waals surface area contributed by atoms with E-state index in [1.54, 1.807) is 24.3 Å². The normalized spacial score (nSPS) is 10.5. The molecule has 0 aliphatic rings. The molecule has 0 aliphatic carbocycles. The van der Waals surface area contributed by atoms with Crippen molar-refractivity contribution in [2.24, 2.45) is 5.73 Å². The van der Waals surface area contributed by atoms with Gasteiger partial charge in [-0.2, -0.15) is 8.42 Å². The standard InChI is InChI=1S/C12H14N2O3S.Na.H2O.H/c13-7-8-14-11-5-1-4-10-9(11)3-2-6-12(10)18(15,16)17;;;/h1-6,14H,7-8,13H2,(H,15,16,17);;1H2;. The van der Waals surface area contributed by atoms with Gasteiger partial charge in [-0.15, -0.1) is 0 Å². The molecule has 0 fully saturated rings. The van der Waals surface area contributed by atoms with Crippen LogP contribution in [-0.2, 0) is 10.1 Å². The van der Waals surface area contributed by atoms with E-state index in [-0.39, 0.29) is 39.9 Å². The van der Waals surface area contributed by atoms with Gasteiger partial charge in [-0.05, 0) is 12.1 Å². The number of nitrogens with one attached hydrogen (secondary N) is 1. The van der Waals surface area contributed by atoms with Gasteiger partial charge < -0.3 is 16.5 Å². The molecule has 0 spiro atoms. The first kappa shape index (κ1) is 19.3. The summed E-state index contributed by atoms with van der Waals surface area (Å²) < 4.78 is 31.8. The van der Waals surface area contributed by atoms with Crippen molar-refractivity contribution in [3.8, 4) is 0 Å². The van der Waals surface area contributed by atoms with E-state index in [1.807, 2.05) is 6.07 Å². The molecule has 0 atom stereocenters. The van der Waals surface area contributed by atoms with Crippen LogP contribution in [0, 0.1) is 0 Å². The van der Waals surface area contributed by atoms with Gasteiger partial charge in [0.15, 0.2) is 0 Å². The number of hydrogen-bond acceptors (Lipinski definition) is 4. The Morgan fingerprint density at radius 2 is 1.70 bits per heavy atom.